The molecular formula is C11H18N4O3. The second kappa shape index (κ2) is 6.63. The molecular weight excluding hydrogens is 236 g/mol. The van der Waals surface area contributed by atoms with Crippen LogP contribution in [0, 0.1) is 0 Å². The number of rotatable bonds is 5. The van der Waals surface area contributed by atoms with Crippen LogP contribution >= 0.6 is 0 Å². The molecule has 0 aliphatic heterocycles. The van der Waals surface area contributed by atoms with Crippen LogP contribution in [0.25, 0.3) is 0 Å². The van der Waals surface area contributed by atoms with Gasteiger partial charge in [0.25, 0.3) is 0 Å². The predicted octanol–water partition coefficient (Wildman–Crippen LogP) is 0.201. The van der Waals surface area contributed by atoms with Crippen LogP contribution in [0.5, 0.6) is 0 Å². The van der Waals surface area contributed by atoms with Gasteiger partial charge in [0.15, 0.2) is 0 Å². The Morgan fingerprint density at radius 2 is 2.17 bits per heavy atom. The number of methoxy groups -OCH3 is 1. The Labute approximate surface area is 105 Å². The maximum Gasteiger partial charge on any atom is 0.328 e. The van der Waals surface area contributed by atoms with Gasteiger partial charge in [0.2, 0.25) is 0 Å². The average molecular weight is 254 g/mol. The van der Waals surface area contributed by atoms with Gasteiger partial charge >= 0.3 is 12.0 Å². The third-order valence-corrected chi connectivity index (χ3v) is 2.19. The molecule has 100 valence electrons. The molecule has 1 heterocycles. The SMILES string of the molecule is COC(=O)[C@H](Cc1cnc[nH]1)NC(=O)NC(C)C. The van der Waals surface area contributed by atoms with Gasteiger partial charge in [-0.25, -0.2) is 14.6 Å². The number of nitrogens with one attached hydrogen (secondary N) is 3. The highest BCUT2D eigenvalue weighted by molar-refractivity contribution is 5.83. The lowest BCUT2D eigenvalue weighted by Gasteiger charge is -2.17. The lowest BCUT2D eigenvalue weighted by atomic mass is 10.1. The van der Waals surface area contributed by atoms with Gasteiger partial charge in [-0.1, -0.05) is 0 Å². The Morgan fingerprint density at radius 3 is 2.67 bits per heavy atom. The van der Waals surface area contributed by atoms with Crippen molar-refractivity contribution in [2.75, 3.05) is 7.11 Å². The maximum atomic E-state index is 11.6. The van der Waals surface area contributed by atoms with Gasteiger partial charge < -0.3 is 20.4 Å². The van der Waals surface area contributed by atoms with Crippen LogP contribution in [0.1, 0.15) is 19.5 Å². The van der Waals surface area contributed by atoms with Gasteiger partial charge in [-0.15, -0.1) is 0 Å². The summed E-state index contributed by atoms with van der Waals surface area (Å²) in [5, 5.41) is 5.21. The summed E-state index contributed by atoms with van der Waals surface area (Å²) in [7, 11) is 1.28. The highest BCUT2D eigenvalue weighted by atomic mass is 16.5. The van der Waals surface area contributed by atoms with Crippen molar-refractivity contribution in [3.05, 3.63) is 18.2 Å². The van der Waals surface area contributed by atoms with E-state index < -0.39 is 18.0 Å². The molecule has 0 aliphatic carbocycles. The van der Waals surface area contributed by atoms with Crippen molar-refractivity contribution in [3.63, 3.8) is 0 Å². The summed E-state index contributed by atoms with van der Waals surface area (Å²) in [5.41, 5.74) is 0.746. The minimum absolute atomic E-state index is 0.00421. The number of carbonyl (C=O) groups is 2. The number of ether oxygens (including phenoxy) is 1. The van der Waals surface area contributed by atoms with E-state index in [9.17, 15) is 9.59 Å². The number of esters is 1. The number of carbonyl (C=O) groups excluding carboxylic acids is 2. The molecule has 0 radical (unpaired) electrons. The molecule has 1 aromatic heterocycles. The minimum atomic E-state index is -0.741. The summed E-state index contributed by atoms with van der Waals surface area (Å²) < 4.78 is 4.65. The smallest absolute Gasteiger partial charge is 0.328 e. The van der Waals surface area contributed by atoms with Crippen LogP contribution in [0.4, 0.5) is 4.79 Å². The largest absolute Gasteiger partial charge is 0.467 e. The Morgan fingerprint density at radius 1 is 1.44 bits per heavy atom. The standard InChI is InChI=1S/C11H18N4O3/c1-7(2)14-11(17)15-9(10(16)18-3)4-8-5-12-6-13-8/h5-7,9H,4H2,1-3H3,(H,12,13)(H2,14,15,17)/t9-/m0/s1. The van der Waals surface area contributed by atoms with Crippen LogP contribution in [0.15, 0.2) is 12.5 Å². The van der Waals surface area contributed by atoms with E-state index in [1.807, 2.05) is 13.8 Å². The van der Waals surface area contributed by atoms with Gasteiger partial charge in [-0.2, -0.15) is 0 Å². The molecule has 0 aliphatic rings. The van der Waals surface area contributed by atoms with Gasteiger partial charge in [0.1, 0.15) is 6.04 Å². The van der Waals surface area contributed by atoms with Crippen molar-refractivity contribution in [3.8, 4) is 0 Å². The Balaban J connectivity index is 2.61. The summed E-state index contributed by atoms with van der Waals surface area (Å²) in [6, 6.07) is -1.15. The quantitative estimate of drug-likeness (QED) is 0.654. The monoisotopic (exact) mass is 254 g/mol. The Kier molecular flexibility index (Phi) is 5.16. The molecule has 1 atom stereocenters. The molecule has 0 aromatic carbocycles. The molecule has 1 rings (SSSR count). The molecule has 2 amide bonds. The number of amides is 2. The Hall–Kier alpha value is -2.05. The van der Waals surface area contributed by atoms with E-state index in [-0.39, 0.29) is 6.04 Å². The van der Waals surface area contributed by atoms with Gasteiger partial charge in [0.05, 0.1) is 13.4 Å². The lowest BCUT2D eigenvalue weighted by molar-refractivity contribution is -0.142. The number of nitrogens with zero attached hydrogens (tertiary/aromatic N) is 1. The number of imidazole rings is 1. The van der Waals surface area contributed by atoms with Crippen molar-refractivity contribution in [2.45, 2.75) is 32.4 Å². The molecule has 0 saturated heterocycles. The van der Waals surface area contributed by atoms with Crippen LogP contribution in [0.2, 0.25) is 0 Å². The van der Waals surface area contributed by atoms with Gasteiger partial charge in [0, 0.05) is 24.4 Å². The zero-order valence-electron chi connectivity index (χ0n) is 10.7. The zero-order valence-corrected chi connectivity index (χ0v) is 10.7. The summed E-state index contributed by atoms with van der Waals surface area (Å²) in [6.07, 6.45) is 3.41. The van der Waals surface area contributed by atoms with Crippen molar-refractivity contribution in [1.29, 1.82) is 0 Å². The molecule has 0 bridgehead atoms. The first-order valence-electron chi connectivity index (χ1n) is 5.65. The van der Waals surface area contributed by atoms with Crippen LogP contribution < -0.4 is 10.6 Å². The molecule has 0 unspecified atom stereocenters. The number of aromatic amines is 1. The number of hydrogen-bond donors (Lipinski definition) is 3. The van der Waals surface area contributed by atoms with E-state index in [1.165, 1.54) is 13.4 Å². The number of urea groups is 1. The molecule has 7 nitrogen and oxygen atoms in total. The molecule has 1 aromatic rings. The van der Waals surface area contributed by atoms with Gasteiger partial charge in [-0.3, -0.25) is 0 Å². The fourth-order valence-corrected chi connectivity index (χ4v) is 1.41. The fraction of sp³-hybridized carbons (Fsp3) is 0.545. The highest BCUT2D eigenvalue weighted by Crippen LogP contribution is 2.00. The number of aromatic nitrogens is 2. The second-order valence-electron chi connectivity index (χ2n) is 4.13. The molecule has 0 spiro atoms. The van der Waals surface area contributed by atoms with Crippen molar-refractivity contribution < 1.29 is 14.3 Å². The topological polar surface area (TPSA) is 96.1 Å². The maximum absolute atomic E-state index is 11.6. The van der Waals surface area contributed by atoms with Gasteiger partial charge in [-0.05, 0) is 13.8 Å². The third-order valence-electron chi connectivity index (χ3n) is 2.19. The van der Waals surface area contributed by atoms with E-state index in [0.29, 0.717) is 6.42 Å². The third kappa shape index (κ3) is 4.44. The first kappa shape index (κ1) is 14.0. The first-order chi connectivity index (χ1) is 8.52. The fourth-order valence-electron chi connectivity index (χ4n) is 1.41. The predicted molar refractivity (Wildman–Crippen MR) is 64.9 cm³/mol. The van der Waals surface area contributed by atoms with Crippen molar-refractivity contribution >= 4 is 12.0 Å². The normalized spacial score (nSPS) is 12.0. The van der Waals surface area contributed by atoms with Crippen molar-refractivity contribution in [1.82, 2.24) is 20.6 Å². The highest BCUT2D eigenvalue weighted by Gasteiger charge is 2.22. The van der Waals surface area contributed by atoms with E-state index in [4.69, 9.17) is 0 Å². The van der Waals surface area contributed by atoms with Crippen LogP contribution in [0.3, 0.4) is 0 Å². The molecule has 0 saturated carbocycles. The lowest BCUT2D eigenvalue weighted by Crippen LogP contribution is -2.49. The van der Waals surface area contributed by atoms with E-state index >= 15 is 0 Å². The first-order valence-corrected chi connectivity index (χ1v) is 5.65. The molecule has 18 heavy (non-hydrogen) atoms. The molecule has 3 N–H and O–H groups in total. The minimum Gasteiger partial charge on any atom is -0.467 e. The molecule has 0 fully saturated rings. The summed E-state index contributed by atoms with van der Waals surface area (Å²) >= 11 is 0. The van der Waals surface area contributed by atoms with E-state index in [2.05, 4.69) is 25.3 Å². The van der Waals surface area contributed by atoms with E-state index in [1.54, 1.807) is 6.20 Å². The average Bonchev–Trinajstić information content (AvgIpc) is 2.78. The summed E-state index contributed by atoms with van der Waals surface area (Å²) in [5.74, 6) is -0.497. The summed E-state index contributed by atoms with van der Waals surface area (Å²) in [4.78, 5) is 29.8. The number of H-pyrrole nitrogens is 1. The zero-order chi connectivity index (χ0) is 13.5. The van der Waals surface area contributed by atoms with Crippen molar-refractivity contribution in [2.24, 2.45) is 0 Å². The molecule has 7 heteroatoms. The summed E-state index contributed by atoms with van der Waals surface area (Å²) in [6.45, 7) is 3.67. The van der Waals surface area contributed by atoms with E-state index in [0.717, 1.165) is 5.69 Å². The Bertz CT molecular complexity index is 389. The van der Waals surface area contributed by atoms with Crippen LogP contribution in [-0.2, 0) is 16.0 Å². The second-order valence-corrected chi connectivity index (χ2v) is 4.13. The number of hydrogen-bond acceptors (Lipinski definition) is 4. The van der Waals surface area contributed by atoms with Crippen LogP contribution in [-0.4, -0.2) is 41.2 Å².